The van der Waals surface area contributed by atoms with Crippen LogP contribution in [0.2, 0.25) is 0 Å². The average molecular weight is 414 g/mol. The number of nitrogens with zero attached hydrogens (tertiary/aromatic N) is 3. The molecule has 1 aliphatic heterocycles. The summed E-state index contributed by atoms with van der Waals surface area (Å²) in [5.74, 6) is -2.02. The lowest BCUT2D eigenvalue weighted by molar-refractivity contribution is -0.126. The minimum Gasteiger partial charge on any atom is -0.476 e. The zero-order valence-corrected chi connectivity index (χ0v) is 17.3. The number of carboxylic acids is 1. The Hall–Kier alpha value is -3.20. The number of fused-ring (bicyclic) bond motifs is 1. The van der Waals surface area contributed by atoms with E-state index in [1.165, 1.54) is 15.6 Å². The van der Waals surface area contributed by atoms with Gasteiger partial charge in [-0.05, 0) is 31.4 Å². The van der Waals surface area contributed by atoms with Crippen molar-refractivity contribution in [3.63, 3.8) is 0 Å². The third kappa shape index (κ3) is 3.80. The number of carbonyl (C=O) groups is 3. The third-order valence-corrected chi connectivity index (χ3v) is 5.29. The first-order valence-corrected chi connectivity index (χ1v) is 9.84. The van der Waals surface area contributed by atoms with Crippen LogP contribution < -0.4 is 10.2 Å². The molecule has 1 atom stereocenters. The van der Waals surface area contributed by atoms with E-state index in [0.29, 0.717) is 31.7 Å². The third-order valence-electron chi connectivity index (χ3n) is 5.29. The fourth-order valence-electron chi connectivity index (χ4n) is 3.70. The van der Waals surface area contributed by atoms with Gasteiger partial charge >= 0.3 is 5.97 Å². The van der Waals surface area contributed by atoms with Gasteiger partial charge in [0.15, 0.2) is 5.69 Å². The van der Waals surface area contributed by atoms with Crippen LogP contribution in [0.1, 0.15) is 46.8 Å². The van der Waals surface area contributed by atoms with E-state index in [-0.39, 0.29) is 23.8 Å². The van der Waals surface area contributed by atoms with Crippen molar-refractivity contribution in [2.24, 2.45) is 0 Å². The molecule has 2 N–H and O–H groups in total. The van der Waals surface area contributed by atoms with Crippen LogP contribution in [-0.2, 0) is 22.5 Å². The number of hydrogen-bond donors (Lipinski definition) is 2. The van der Waals surface area contributed by atoms with Crippen LogP contribution in [0.15, 0.2) is 30.3 Å². The Balaban J connectivity index is 2.07. The van der Waals surface area contributed by atoms with E-state index >= 15 is 0 Å². The van der Waals surface area contributed by atoms with Crippen molar-refractivity contribution in [3.8, 4) is 0 Å². The summed E-state index contributed by atoms with van der Waals surface area (Å²) in [6.45, 7) is 4.58. The molecule has 0 bridgehead atoms. The molecule has 1 aromatic carbocycles. The molecule has 9 heteroatoms. The molecule has 3 rings (SSSR count). The smallest absolute Gasteiger partial charge is 0.356 e. The minimum atomic E-state index is -1.29. The molecule has 0 fully saturated rings. The molecule has 0 aliphatic carbocycles. The molecule has 0 saturated heterocycles. The first kappa shape index (κ1) is 21.5. The molecule has 1 unspecified atom stereocenters. The molecule has 0 spiro atoms. The molecule has 30 heavy (non-hydrogen) atoms. The summed E-state index contributed by atoms with van der Waals surface area (Å²) in [5.41, 5.74) is 0.166. The standard InChI is InChI=1S/C21H26N4O5/c1-4-14-8-5-6-9-16(14)25-18(26)17-12-15(19(27)28)23-24(17)13-21(25,2)20(29)22-10-7-11-30-3/h5-6,8-9,12H,4,7,10-11,13H2,1-3H3,(H,22,29)(H,27,28). The number of carbonyl (C=O) groups excluding carboxylic acids is 2. The van der Waals surface area contributed by atoms with E-state index in [4.69, 9.17) is 4.74 Å². The van der Waals surface area contributed by atoms with Gasteiger partial charge in [-0.2, -0.15) is 5.10 Å². The second-order valence-corrected chi connectivity index (χ2v) is 7.38. The molecule has 0 radical (unpaired) electrons. The number of aryl methyl sites for hydroxylation is 1. The van der Waals surface area contributed by atoms with E-state index in [0.717, 1.165) is 5.56 Å². The van der Waals surface area contributed by atoms with Gasteiger partial charge in [0.2, 0.25) is 5.91 Å². The second-order valence-electron chi connectivity index (χ2n) is 7.38. The molecule has 2 heterocycles. The first-order valence-electron chi connectivity index (χ1n) is 9.84. The molecule has 1 aliphatic rings. The molecule has 1 aromatic heterocycles. The highest BCUT2D eigenvalue weighted by atomic mass is 16.5. The molecule has 160 valence electrons. The number of benzene rings is 1. The Bertz CT molecular complexity index is 970. The molecule has 0 saturated carbocycles. The van der Waals surface area contributed by atoms with E-state index in [9.17, 15) is 19.5 Å². The highest BCUT2D eigenvalue weighted by Gasteiger charge is 2.49. The van der Waals surface area contributed by atoms with Gasteiger partial charge in [0.05, 0.1) is 6.54 Å². The zero-order chi connectivity index (χ0) is 21.9. The summed E-state index contributed by atoms with van der Waals surface area (Å²) < 4.78 is 6.33. The lowest BCUT2D eigenvalue weighted by Crippen LogP contribution is -2.64. The number of hydrogen-bond acceptors (Lipinski definition) is 5. The van der Waals surface area contributed by atoms with Crippen LogP contribution in [0.4, 0.5) is 5.69 Å². The van der Waals surface area contributed by atoms with Gasteiger partial charge in [-0.3, -0.25) is 19.2 Å². The molecule has 2 amide bonds. The Morgan fingerprint density at radius 3 is 2.73 bits per heavy atom. The van der Waals surface area contributed by atoms with Gasteiger partial charge in [0.1, 0.15) is 11.2 Å². The Kier molecular flexibility index (Phi) is 6.21. The summed E-state index contributed by atoms with van der Waals surface area (Å²) in [4.78, 5) is 39.6. The molecule has 9 nitrogen and oxygen atoms in total. The molecule has 2 aromatic rings. The fourth-order valence-corrected chi connectivity index (χ4v) is 3.70. The van der Waals surface area contributed by atoms with Crippen molar-refractivity contribution in [3.05, 3.63) is 47.3 Å². The average Bonchev–Trinajstić information content (AvgIpc) is 3.15. The topological polar surface area (TPSA) is 114 Å². The monoisotopic (exact) mass is 414 g/mol. The van der Waals surface area contributed by atoms with Crippen LogP contribution in [0.3, 0.4) is 0 Å². The largest absolute Gasteiger partial charge is 0.476 e. The van der Waals surface area contributed by atoms with Gasteiger partial charge in [-0.1, -0.05) is 25.1 Å². The van der Waals surface area contributed by atoms with Crippen LogP contribution in [0.5, 0.6) is 0 Å². The van der Waals surface area contributed by atoms with E-state index in [2.05, 4.69) is 10.4 Å². The SMILES string of the molecule is CCc1ccccc1N1C(=O)c2cc(C(=O)O)nn2CC1(C)C(=O)NCCCOC. The van der Waals surface area contributed by atoms with Gasteiger partial charge < -0.3 is 15.2 Å². The van der Waals surface area contributed by atoms with E-state index < -0.39 is 17.4 Å². The number of aromatic nitrogens is 2. The van der Waals surface area contributed by atoms with Crippen molar-refractivity contribution in [2.45, 2.75) is 38.8 Å². The molecular formula is C21H26N4O5. The van der Waals surface area contributed by atoms with Gasteiger partial charge in [-0.25, -0.2) is 4.79 Å². The van der Waals surface area contributed by atoms with Crippen molar-refractivity contribution >= 4 is 23.5 Å². The van der Waals surface area contributed by atoms with Gasteiger partial charge in [-0.15, -0.1) is 0 Å². The Morgan fingerprint density at radius 2 is 2.07 bits per heavy atom. The highest BCUT2D eigenvalue weighted by molar-refractivity contribution is 6.12. The van der Waals surface area contributed by atoms with E-state index in [1.807, 2.05) is 25.1 Å². The number of rotatable bonds is 8. The molecular weight excluding hydrogens is 388 g/mol. The number of methoxy groups -OCH3 is 1. The van der Waals surface area contributed by atoms with Crippen molar-refractivity contribution in [1.82, 2.24) is 15.1 Å². The van der Waals surface area contributed by atoms with Crippen molar-refractivity contribution < 1.29 is 24.2 Å². The lowest BCUT2D eigenvalue weighted by atomic mass is 9.92. The Labute approximate surface area is 174 Å². The van der Waals surface area contributed by atoms with Crippen LogP contribution in [-0.4, -0.2) is 58.5 Å². The van der Waals surface area contributed by atoms with Crippen molar-refractivity contribution in [1.29, 1.82) is 0 Å². The first-order chi connectivity index (χ1) is 14.3. The van der Waals surface area contributed by atoms with Crippen molar-refractivity contribution in [2.75, 3.05) is 25.2 Å². The summed E-state index contributed by atoms with van der Waals surface area (Å²) in [6.07, 6.45) is 1.30. The van der Waals surface area contributed by atoms with Gasteiger partial charge in [0.25, 0.3) is 5.91 Å². The summed E-state index contributed by atoms with van der Waals surface area (Å²) in [7, 11) is 1.59. The quantitative estimate of drug-likeness (QED) is 0.636. The highest BCUT2D eigenvalue weighted by Crippen LogP contribution is 2.35. The van der Waals surface area contributed by atoms with Crippen LogP contribution in [0, 0.1) is 0 Å². The fraction of sp³-hybridized carbons (Fsp3) is 0.429. The predicted octanol–water partition coefficient (Wildman–Crippen LogP) is 1.72. The number of para-hydroxylation sites is 1. The maximum atomic E-state index is 13.5. The maximum Gasteiger partial charge on any atom is 0.356 e. The predicted molar refractivity (Wildman–Crippen MR) is 110 cm³/mol. The van der Waals surface area contributed by atoms with Crippen LogP contribution in [0.25, 0.3) is 0 Å². The summed E-state index contributed by atoms with van der Waals surface area (Å²) in [5, 5.41) is 16.2. The number of anilines is 1. The number of ether oxygens (including phenoxy) is 1. The van der Waals surface area contributed by atoms with Crippen LogP contribution >= 0.6 is 0 Å². The number of aromatic carboxylic acids is 1. The number of carboxylic acid groups (broad SMARTS) is 1. The second kappa shape index (κ2) is 8.66. The minimum absolute atomic E-state index is 0.0372. The zero-order valence-electron chi connectivity index (χ0n) is 17.3. The normalized spacial score (nSPS) is 18.2. The van der Waals surface area contributed by atoms with Gasteiger partial charge in [0, 0.05) is 32.0 Å². The summed E-state index contributed by atoms with van der Waals surface area (Å²) >= 11 is 0. The number of amides is 2. The van der Waals surface area contributed by atoms with E-state index in [1.54, 1.807) is 20.1 Å². The Morgan fingerprint density at radius 1 is 1.33 bits per heavy atom. The summed E-state index contributed by atoms with van der Waals surface area (Å²) in [6, 6.07) is 8.66. The lowest BCUT2D eigenvalue weighted by Gasteiger charge is -2.43. The maximum absolute atomic E-state index is 13.5. The number of nitrogens with one attached hydrogen (secondary N) is 1.